The highest BCUT2D eigenvalue weighted by Gasteiger charge is 2.31. The summed E-state index contributed by atoms with van der Waals surface area (Å²) in [5.74, 6) is 1.99. The molecule has 3 atom stereocenters. The van der Waals surface area contributed by atoms with E-state index in [0.717, 1.165) is 23.9 Å². The molecule has 1 aliphatic heterocycles. The molecule has 4 rings (SSSR count). The highest BCUT2D eigenvalue weighted by Crippen LogP contribution is 2.36. The molecule has 2 heterocycles. The second-order valence-corrected chi connectivity index (χ2v) is 7.34. The summed E-state index contributed by atoms with van der Waals surface area (Å²) < 4.78 is 2.35. The van der Waals surface area contributed by atoms with Crippen molar-refractivity contribution in [1.82, 2.24) is 14.5 Å². The van der Waals surface area contributed by atoms with Crippen molar-refractivity contribution >= 4 is 11.0 Å². The SMILES string of the molecule is CC(CN1CC[C@H]2CCCC[C@H]2C1)n1cnc2ccccc21. The van der Waals surface area contributed by atoms with E-state index < -0.39 is 0 Å². The molecule has 2 aromatic rings. The first kappa shape index (κ1) is 14.3. The molecular weight excluding hydrogens is 270 g/mol. The van der Waals surface area contributed by atoms with Gasteiger partial charge in [-0.05, 0) is 50.3 Å². The molecular formula is C19H27N3. The van der Waals surface area contributed by atoms with Gasteiger partial charge in [0.1, 0.15) is 0 Å². The van der Waals surface area contributed by atoms with Crippen LogP contribution in [0.1, 0.15) is 45.1 Å². The molecule has 0 radical (unpaired) electrons. The normalized spacial score (nSPS) is 27.7. The summed E-state index contributed by atoms with van der Waals surface area (Å²) in [4.78, 5) is 7.24. The molecule has 118 valence electrons. The zero-order valence-electron chi connectivity index (χ0n) is 13.6. The monoisotopic (exact) mass is 297 g/mol. The summed E-state index contributed by atoms with van der Waals surface area (Å²) in [7, 11) is 0. The molecule has 22 heavy (non-hydrogen) atoms. The van der Waals surface area contributed by atoms with Crippen molar-refractivity contribution in [2.75, 3.05) is 19.6 Å². The molecule has 1 saturated heterocycles. The van der Waals surface area contributed by atoms with Gasteiger partial charge in [0.15, 0.2) is 0 Å². The fourth-order valence-electron chi connectivity index (χ4n) is 4.63. The topological polar surface area (TPSA) is 21.1 Å². The number of benzene rings is 1. The summed E-state index contributed by atoms with van der Waals surface area (Å²) in [6.45, 7) is 6.10. The molecule has 0 amide bonds. The minimum atomic E-state index is 0.493. The van der Waals surface area contributed by atoms with E-state index in [0.29, 0.717) is 6.04 Å². The van der Waals surface area contributed by atoms with Crippen LogP contribution in [0.5, 0.6) is 0 Å². The Morgan fingerprint density at radius 1 is 1.14 bits per heavy atom. The molecule has 0 N–H and O–H groups in total. The van der Waals surface area contributed by atoms with Crippen LogP contribution in [0, 0.1) is 11.8 Å². The Labute approximate surface area is 133 Å². The molecule has 1 aromatic heterocycles. The lowest BCUT2D eigenvalue weighted by molar-refractivity contribution is 0.0787. The van der Waals surface area contributed by atoms with Crippen LogP contribution in [-0.4, -0.2) is 34.1 Å². The first-order valence-electron chi connectivity index (χ1n) is 8.95. The Morgan fingerprint density at radius 3 is 2.86 bits per heavy atom. The van der Waals surface area contributed by atoms with E-state index in [1.54, 1.807) is 0 Å². The first-order chi connectivity index (χ1) is 10.8. The van der Waals surface area contributed by atoms with Crippen molar-refractivity contribution in [2.45, 2.75) is 45.1 Å². The van der Waals surface area contributed by atoms with Crippen LogP contribution in [0.3, 0.4) is 0 Å². The van der Waals surface area contributed by atoms with Crippen LogP contribution in [0.25, 0.3) is 11.0 Å². The Balaban J connectivity index is 1.44. The van der Waals surface area contributed by atoms with E-state index >= 15 is 0 Å². The molecule has 0 bridgehead atoms. The third kappa shape index (κ3) is 2.67. The summed E-state index contributed by atoms with van der Waals surface area (Å²) in [5, 5.41) is 0. The van der Waals surface area contributed by atoms with Gasteiger partial charge in [-0.3, -0.25) is 0 Å². The lowest BCUT2D eigenvalue weighted by Gasteiger charge is -2.42. The van der Waals surface area contributed by atoms with E-state index in [1.807, 2.05) is 6.33 Å². The summed E-state index contributed by atoms with van der Waals surface area (Å²) >= 11 is 0. The van der Waals surface area contributed by atoms with Gasteiger partial charge >= 0.3 is 0 Å². The van der Waals surface area contributed by atoms with Gasteiger partial charge < -0.3 is 9.47 Å². The molecule has 2 aliphatic rings. The van der Waals surface area contributed by atoms with Crippen LogP contribution in [0.15, 0.2) is 30.6 Å². The molecule has 3 heteroatoms. The summed E-state index contributed by atoms with van der Waals surface area (Å²) in [6, 6.07) is 8.96. The molecule has 3 nitrogen and oxygen atoms in total. The minimum absolute atomic E-state index is 0.493. The number of para-hydroxylation sites is 2. The Morgan fingerprint density at radius 2 is 1.95 bits per heavy atom. The third-order valence-corrected chi connectivity index (χ3v) is 5.85. The fourth-order valence-corrected chi connectivity index (χ4v) is 4.63. The van der Waals surface area contributed by atoms with Crippen LogP contribution < -0.4 is 0 Å². The second kappa shape index (κ2) is 6.04. The van der Waals surface area contributed by atoms with Crippen molar-refractivity contribution in [2.24, 2.45) is 11.8 Å². The fraction of sp³-hybridized carbons (Fsp3) is 0.632. The number of hydrogen-bond acceptors (Lipinski definition) is 2. The zero-order valence-corrected chi connectivity index (χ0v) is 13.6. The van der Waals surface area contributed by atoms with Crippen molar-refractivity contribution in [3.63, 3.8) is 0 Å². The number of hydrogen-bond donors (Lipinski definition) is 0. The van der Waals surface area contributed by atoms with Crippen LogP contribution in [0.2, 0.25) is 0 Å². The van der Waals surface area contributed by atoms with Gasteiger partial charge in [-0.1, -0.05) is 31.4 Å². The number of likely N-dealkylation sites (tertiary alicyclic amines) is 1. The predicted octanol–water partition coefficient (Wildman–Crippen LogP) is 4.11. The molecule has 1 aliphatic carbocycles. The van der Waals surface area contributed by atoms with Crippen molar-refractivity contribution in [1.29, 1.82) is 0 Å². The third-order valence-electron chi connectivity index (χ3n) is 5.85. The molecule has 1 saturated carbocycles. The van der Waals surface area contributed by atoms with Gasteiger partial charge in [-0.2, -0.15) is 0 Å². The van der Waals surface area contributed by atoms with E-state index in [1.165, 1.54) is 50.7 Å². The van der Waals surface area contributed by atoms with Crippen LogP contribution >= 0.6 is 0 Å². The van der Waals surface area contributed by atoms with E-state index in [-0.39, 0.29) is 0 Å². The molecule has 0 spiro atoms. The lowest BCUT2D eigenvalue weighted by atomic mass is 9.75. The highest BCUT2D eigenvalue weighted by atomic mass is 15.2. The average Bonchev–Trinajstić information content (AvgIpc) is 2.99. The van der Waals surface area contributed by atoms with Crippen LogP contribution in [0.4, 0.5) is 0 Å². The molecule has 1 aromatic carbocycles. The number of imidazole rings is 1. The van der Waals surface area contributed by atoms with Crippen LogP contribution in [-0.2, 0) is 0 Å². The Kier molecular flexibility index (Phi) is 3.91. The highest BCUT2D eigenvalue weighted by molar-refractivity contribution is 5.75. The van der Waals surface area contributed by atoms with E-state index in [2.05, 4.69) is 45.6 Å². The van der Waals surface area contributed by atoms with Crippen molar-refractivity contribution in [3.8, 4) is 0 Å². The summed E-state index contributed by atoms with van der Waals surface area (Å²) in [6.07, 6.45) is 9.31. The van der Waals surface area contributed by atoms with Gasteiger partial charge in [0.05, 0.1) is 17.4 Å². The number of fused-ring (bicyclic) bond motifs is 2. The maximum atomic E-state index is 4.54. The molecule has 2 fully saturated rings. The number of piperidine rings is 1. The Bertz CT molecular complexity index is 632. The first-order valence-corrected chi connectivity index (χ1v) is 8.95. The zero-order chi connectivity index (χ0) is 14.9. The smallest absolute Gasteiger partial charge is 0.0961 e. The van der Waals surface area contributed by atoms with E-state index in [9.17, 15) is 0 Å². The van der Waals surface area contributed by atoms with Crippen molar-refractivity contribution in [3.05, 3.63) is 30.6 Å². The number of aromatic nitrogens is 2. The molecule has 1 unspecified atom stereocenters. The standard InChI is InChI=1S/C19H27N3/c1-15(22-14-20-18-8-4-5-9-19(18)22)12-21-11-10-16-6-2-3-7-17(16)13-21/h4-5,8-9,14-17H,2-3,6-7,10-13H2,1H3/t15?,16-,17+/m1/s1. The maximum Gasteiger partial charge on any atom is 0.0961 e. The van der Waals surface area contributed by atoms with Gasteiger partial charge in [-0.15, -0.1) is 0 Å². The van der Waals surface area contributed by atoms with Crippen molar-refractivity contribution < 1.29 is 0 Å². The Hall–Kier alpha value is -1.35. The van der Waals surface area contributed by atoms with E-state index in [4.69, 9.17) is 0 Å². The summed E-state index contributed by atoms with van der Waals surface area (Å²) in [5.41, 5.74) is 2.38. The quantitative estimate of drug-likeness (QED) is 0.850. The average molecular weight is 297 g/mol. The van der Waals surface area contributed by atoms with Gasteiger partial charge in [0.2, 0.25) is 0 Å². The largest absolute Gasteiger partial charge is 0.326 e. The number of rotatable bonds is 3. The second-order valence-electron chi connectivity index (χ2n) is 7.34. The van der Waals surface area contributed by atoms with Gasteiger partial charge in [0.25, 0.3) is 0 Å². The maximum absolute atomic E-state index is 4.54. The number of nitrogens with zero attached hydrogens (tertiary/aromatic N) is 3. The lowest BCUT2D eigenvalue weighted by Crippen LogP contribution is -2.43. The van der Waals surface area contributed by atoms with Gasteiger partial charge in [-0.25, -0.2) is 4.98 Å². The minimum Gasteiger partial charge on any atom is -0.326 e. The van der Waals surface area contributed by atoms with Gasteiger partial charge in [0, 0.05) is 19.1 Å². The predicted molar refractivity (Wildman–Crippen MR) is 90.9 cm³/mol.